The Morgan fingerprint density at radius 3 is 2.40 bits per heavy atom. The van der Waals surface area contributed by atoms with E-state index in [0.717, 1.165) is 5.56 Å². The molecule has 1 amide bonds. The first kappa shape index (κ1) is 11.8. The molecular formula is C11H17NO2Si. The van der Waals surface area contributed by atoms with Crippen molar-refractivity contribution in [2.45, 2.75) is 26.2 Å². The maximum Gasteiger partial charge on any atom is 0.393 e. The standard InChI is InChI=1S/C11H17NO2Si/c1-15(2,3)14-11(13)12-9-10-7-5-4-6-8-10/h4-8H,9H2,1-3H3,(H,12,13). The van der Waals surface area contributed by atoms with Crippen LogP contribution in [0.25, 0.3) is 0 Å². The molecule has 3 nitrogen and oxygen atoms in total. The maximum absolute atomic E-state index is 11.3. The number of hydrogen-bond acceptors (Lipinski definition) is 2. The summed E-state index contributed by atoms with van der Waals surface area (Å²) in [4.78, 5) is 11.3. The summed E-state index contributed by atoms with van der Waals surface area (Å²) in [5.74, 6) is 0. The van der Waals surface area contributed by atoms with E-state index in [1.54, 1.807) is 0 Å². The molecule has 1 aromatic carbocycles. The Morgan fingerprint density at radius 2 is 1.87 bits per heavy atom. The van der Waals surface area contributed by atoms with Gasteiger partial charge in [-0.25, -0.2) is 4.79 Å². The van der Waals surface area contributed by atoms with Gasteiger partial charge in [-0.2, -0.15) is 0 Å². The minimum atomic E-state index is -1.77. The number of rotatable bonds is 3. The Labute approximate surface area is 91.6 Å². The van der Waals surface area contributed by atoms with Crippen molar-refractivity contribution < 1.29 is 9.22 Å². The maximum atomic E-state index is 11.3. The average Bonchev–Trinajstić information content (AvgIpc) is 2.14. The van der Waals surface area contributed by atoms with Gasteiger partial charge in [-0.05, 0) is 25.2 Å². The van der Waals surface area contributed by atoms with Crippen molar-refractivity contribution in [2.24, 2.45) is 0 Å². The monoisotopic (exact) mass is 223 g/mol. The second-order valence-electron chi connectivity index (χ2n) is 4.34. The van der Waals surface area contributed by atoms with Crippen molar-refractivity contribution in [3.8, 4) is 0 Å². The molecule has 1 aromatic rings. The van der Waals surface area contributed by atoms with Gasteiger partial charge in [0.25, 0.3) is 0 Å². The van der Waals surface area contributed by atoms with Gasteiger partial charge in [-0.15, -0.1) is 0 Å². The Hall–Kier alpha value is -1.29. The van der Waals surface area contributed by atoms with Crippen LogP contribution in [-0.2, 0) is 11.0 Å². The van der Waals surface area contributed by atoms with E-state index in [1.165, 1.54) is 0 Å². The van der Waals surface area contributed by atoms with Crippen molar-refractivity contribution in [3.05, 3.63) is 35.9 Å². The molecule has 0 aliphatic heterocycles. The third-order valence-corrected chi connectivity index (χ3v) is 2.48. The molecular weight excluding hydrogens is 206 g/mol. The van der Waals surface area contributed by atoms with Gasteiger partial charge in [0.2, 0.25) is 8.32 Å². The third kappa shape index (κ3) is 5.22. The second-order valence-corrected chi connectivity index (χ2v) is 8.77. The van der Waals surface area contributed by atoms with E-state index < -0.39 is 8.32 Å². The second kappa shape index (κ2) is 4.98. The zero-order valence-corrected chi connectivity index (χ0v) is 10.4. The number of hydrogen-bond donors (Lipinski definition) is 1. The van der Waals surface area contributed by atoms with Crippen LogP contribution in [0.4, 0.5) is 4.79 Å². The molecule has 0 radical (unpaired) electrons. The van der Waals surface area contributed by atoms with Crippen molar-refractivity contribution >= 4 is 14.4 Å². The summed E-state index contributed by atoms with van der Waals surface area (Å²) in [6, 6.07) is 9.77. The van der Waals surface area contributed by atoms with Crippen LogP contribution in [0.15, 0.2) is 30.3 Å². The normalized spacial score (nSPS) is 10.9. The summed E-state index contributed by atoms with van der Waals surface area (Å²) < 4.78 is 5.25. The first-order valence-electron chi connectivity index (χ1n) is 4.98. The highest BCUT2D eigenvalue weighted by molar-refractivity contribution is 6.71. The van der Waals surface area contributed by atoms with Crippen LogP contribution < -0.4 is 5.32 Å². The number of nitrogens with one attached hydrogen (secondary N) is 1. The summed E-state index contributed by atoms with van der Waals surface area (Å²) in [5, 5.41) is 2.73. The van der Waals surface area contributed by atoms with Crippen LogP contribution in [-0.4, -0.2) is 14.4 Å². The van der Waals surface area contributed by atoms with E-state index in [2.05, 4.69) is 5.32 Å². The highest BCUT2D eigenvalue weighted by atomic mass is 28.4. The van der Waals surface area contributed by atoms with Crippen LogP contribution in [0.1, 0.15) is 5.56 Å². The van der Waals surface area contributed by atoms with E-state index in [1.807, 2.05) is 50.0 Å². The Kier molecular flexibility index (Phi) is 3.91. The smallest absolute Gasteiger partial charge is 0.393 e. The fraction of sp³-hybridized carbons (Fsp3) is 0.364. The molecule has 0 bridgehead atoms. The van der Waals surface area contributed by atoms with E-state index in [9.17, 15) is 4.79 Å². The largest absolute Gasteiger partial charge is 0.504 e. The summed E-state index contributed by atoms with van der Waals surface area (Å²) in [6.07, 6.45) is -0.321. The van der Waals surface area contributed by atoms with Gasteiger partial charge >= 0.3 is 6.09 Å². The zero-order chi connectivity index (χ0) is 11.3. The predicted octanol–water partition coefficient (Wildman–Crippen LogP) is 2.75. The highest BCUT2D eigenvalue weighted by Gasteiger charge is 2.19. The minimum Gasteiger partial charge on any atom is -0.504 e. The van der Waals surface area contributed by atoms with E-state index in [-0.39, 0.29) is 6.09 Å². The number of benzene rings is 1. The Bertz CT molecular complexity index is 319. The van der Waals surface area contributed by atoms with Gasteiger partial charge in [0, 0.05) is 6.54 Å². The predicted molar refractivity (Wildman–Crippen MR) is 63.1 cm³/mol. The molecule has 0 fully saturated rings. The topological polar surface area (TPSA) is 38.3 Å². The highest BCUT2D eigenvalue weighted by Crippen LogP contribution is 2.03. The Balaban J connectivity index is 2.35. The first-order chi connectivity index (χ1) is 6.97. The van der Waals surface area contributed by atoms with Crippen molar-refractivity contribution in [2.75, 3.05) is 0 Å². The zero-order valence-electron chi connectivity index (χ0n) is 9.41. The lowest BCUT2D eigenvalue weighted by Gasteiger charge is -2.17. The SMILES string of the molecule is C[Si](C)(C)OC(=O)NCc1ccccc1. The molecule has 1 rings (SSSR count). The Morgan fingerprint density at radius 1 is 1.27 bits per heavy atom. The number of carbonyl (C=O) groups is 1. The summed E-state index contributed by atoms with van der Waals surface area (Å²) in [5.41, 5.74) is 1.07. The summed E-state index contributed by atoms with van der Waals surface area (Å²) in [7, 11) is -1.77. The van der Waals surface area contributed by atoms with Gasteiger partial charge in [0.15, 0.2) is 0 Å². The lowest BCUT2D eigenvalue weighted by Crippen LogP contribution is -2.35. The molecule has 0 aliphatic rings. The van der Waals surface area contributed by atoms with E-state index in [4.69, 9.17) is 4.43 Å². The molecule has 4 heteroatoms. The third-order valence-electron chi connectivity index (χ3n) is 1.68. The first-order valence-corrected chi connectivity index (χ1v) is 8.39. The lowest BCUT2D eigenvalue weighted by molar-refractivity contribution is 0.198. The molecule has 0 heterocycles. The molecule has 0 aliphatic carbocycles. The van der Waals surface area contributed by atoms with E-state index in [0.29, 0.717) is 6.54 Å². The molecule has 0 aromatic heterocycles. The van der Waals surface area contributed by atoms with Crippen LogP contribution in [0, 0.1) is 0 Å². The van der Waals surface area contributed by atoms with E-state index >= 15 is 0 Å². The van der Waals surface area contributed by atoms with Gasteiger partial charge in [-0.1, -0.05) is 30.3 Å². The minimum absolute atomic E-state index is 0.321. The van der Waals surface area contributed by atoms with Crippen molar-refractivity contribution in [1.29, 1.82) is 0 Å². The van der Waals surface area contributed by atoms with Crippen LogP contribution in [0.2, 0.25) is 19.6 Å². The molecule has 0 saturated heterocycles. The molecule has 0 saturated carbocycles. The molecule has 15 heavy (non-hydrogen) atoms. The fourth-order valence-corrected chi connectivity index (χ4v) is 1.71. The van der Waals surface area contributed by atoms with Gasteiger partial charge in [0.1, 0.15) is 0 Å². The van der Waals surface area contributed by atoms with Crippen LogP contribution in [0.5, 0.6) is 0 Å². The van der Waals surface area contributed by atoms with Gasteiger partial charge in [-0.3, -0.25) is 0 Å². The number of amides is 1. The molecule has 1 N–H and O–H groups in total. The summed E-state index contributed by atoms with van der Waals surface area (Å²) in [6.45, 7) is 6.46. The van der Waals surface area contributed by atoms with Crippen molar-refractivity contribution in [3.63, 3.8) is 0 Å². The summed E-state index contributed by atoms with van der Waals surface area (Å²) >= 11 is 0. The molecule has 0 atom stereocenters. The van der Waals surface area contributed by atoms with Crippen LogP contribution >= 0.6 is 0 Å². The van der Waals surface area contributed by atoms with Gasteiger partial charge < -0.3 is 9.74 Å². The van der Waals surface area contributed by atoms with Crippen molar-refractivity contribution in [1.82, 2.24) is 5.32 Å². The quantitative estimate of drug-likeness (QED) is 0.800. The number of carbonyl (C=O) groups excluding carboxylic acids is 1. The lowest BCUT2D eigenvalue weighted by atomic mass is 10.2. The average molecular weight is 223 g/mol. The van der Waals surface area contributed by atoms with Gasteiger partial charge in [0.05, 0.1) is 0 Å². The fourth-order valence-electron chi connectivity index (χ4n) is 1.08. The van der Waals surface area contributed by atoms with Crippen LogP contribution in [0.3, 0.4) is 0 Å². The molecule has 0 spiro atoms. The molecule has 82 valence electrons. The molecule has 0 unspecified atom stereocenters.